The Bertz CT molecular complexity index is 435. The van der Waals surface area contributed by atoms with Crippen molar-refractivity contribution in [2.45, 2.75) is 82.2 Å². The Hall–Kier alpha value is -0.610. The predicted octanol–water partition coefficient (Wildman–Crippen LogP) is -0.368. The van der Waals surface area contributed by atoms with Crippen LogP contribution < -0.4 is 5.32 Å². The summed E-state index contributed by atoms with van der Waals surface area (Å²) < 4.78 is 5.62. The first-order chi connectivity index (χ1) is 11.8. The van der Waals surface area contributed by atoms with E-state index in [1.165, 1.54) is 12.2 Å². The van der Waals surface area contributed by atoms with E-state index >= 15 is 0 Å². The summed E-state index contributed by atoms with van der Waals surface area (Å²) in [5.74, 6) is 0. The predicted molar refractivity (Wildman–Crippen MR) is 98.3 cm³/mol. The van der Waals surface area contributed by atoms with E-state index < -0.39 is 42.7 Å². The molecular formula is C17H31NO6S. The largest absolute Gasteiger partial charge is 0.393 e. The summed E-state index contributed by atoms with van der Waals surface area (Å²) in [6.45, 7) is 3.84. The fourth-order valence-corrected chi connectivity index (χ4v) is 2.94. The number of thiocarbonyl (C=S) groups is 1. The topological polar surface area (TPSA) is 122 Å². The molecule has 8 heteroatoms. The Labute approximate surface area is 154 Å². The van der Waals surface area contributed by atoms with Gasteiger partial charge in [-0.2, -0.15) is 0 Å². The average Bonchev–Trinajstić information content (AvgIpc) is 2.57. The molecule has 6 N–H and O–H groups in total. The quantitative estimate of drug-likeness (QED) is 0.225. The highest BCUT2D eigenvalue weighted by molar-refractivity contribution is 7.80. The molecule has 0 aromatic rings. The van der Waals surface area contributed by atoms with Crippen molar-refractivity contribution in [3.05, 3.63) is 12.2 Å². The second-order valence-electron chi connectivity index (χ2n) is 6.44. The van der Waals surface area contributed by atoms with Crippen LogP contribution in [0.5, 0.6) is 0 Å². The highest BCUT2D eigenvalue weighted by Crippen LogP contribution is 2.17. The van der Waals surface area contributed by atoms with Crippen LogP contribution in [0.2, 0.25) is 0 Å². The highest BCUT2D eigenvalue weighted by Gasteiger charge is 2.34. The molecule has 0 saturated carbocycles. The van der Waals surface area contributed by atoms with Gasteiger partial charge in [0.25, 0.3) is 0 Å². The van der Waals surface area contributed by atoms with Gasteiger partial charge in [-0.05, 0) is 19.3 Å². The summed E-state index contributed by atoms with van der Waals surface area (Å²) in [5, 5.41) is 52.4. The van der Waals surface area contributed by atoms with Crippen molar-refractivity contribution >= 4 is 17.2 Å². The Balaban J connectivity index is 2.68. The number of aliphatic hydroxyl groups is 5. The third-order valence-corrected chi connectivity index (χ3v) is 4.60. The van der Waals surface area contributed by atoms with Gasteiger partial charge >= 0.3 is 0 Å². The molecule has 1 rings (SSSR count). The molecule has 0 aliphatic heterocycles. The van der Waals surface area contributed by atoms with Crippen LogP contribution in [0.3, 0.4) is 0 Å². The van der Waals surface area contributed by atoms with Gasteiger partial charge in [-0.15, -0.1) is 0 Å². The van der Waals surface area contributed by atoms with E-state index in [1.54, 1.807) is 0 Å². The SMILES string of the molecule is CCCC(=S)NC(COC1C=CC(O)C(O)C1O)C(O)CC(O)CC. The van der Waals surface area contributed by atoms with Crippen molar-refractivity contribution in [1.82, 2.24) is 5.32 Å². The molecule has 0 aromatic heterocycles. The van der Waals surface area contributed by atoms with Gasteiger partial charge in [0, 0.05) is 6.42 Å². The van der Waals surface area contributed by atoms with E-state index in [0.29, 0.717) is 17.8 Å². The summed E-state index contributed by atoms with van der Waals surface area (Å²) >= 11 is 5.24. The van der Waals surface area contributed by atoms with Gasteiger partial charge in [-0.3, -0.25) is 0 Å². The molecule has 25 heavy (non-hydrogen) atoms. The monoisotopic (exact) mass is 377 g/mol. The molecule has 0 aromatic carbocycles. The lowest BCUT2D eigenvalue weighted by Crippen LogP contribution is -2.51. The Morgan fingerprint density at radius 2 is 1.84 bits per heavy atom. The van der Waals surface area contributed by atoms with Crippen LogP contribution in [0.4, 0.5) is 0 Å². The molecular weight excluding hydrogens is 346 g/mol. The maximum atomic E-state index is 10.4. The molecule has 0 saturated heterocycles. The Morgan fingerprint density at radius 1 is 1.16 bits per heavy atom. The van der Waals surface area contributed by atoms with E-state index in [0.717, 1.165) is 6.42 Å². The zero-order chi connectivity index (χ0) is 19.0. The first-order valence-corrected chi connectivity index (χ1v) is 9.20. The second-order valence-corrected chi connectivity index (χ2v) is 6.94. The molecule has 7 atom stereocenters. The molecule has 0 amide bonds. The molecule has 0 fully saturated rings. The van der Waals surface area contributed by atoms with Gasteiger partial charge in [-0.1, -0.05) is 38.2 Å². The van der Waals surface area contributed by atoms with Gasteiger partial charge in [0.2, 0.25) is 0 Å². The van der Waals surface area contributed by atoms with E-state index in [2.05, 4.69) is 5.32 Å². The summed E-state index contributed by atoms with van der Waals surface area (Å²) in [6.07, 6.45) is -0.948. The zero-order valence-corrected chi connectivity index (χ0v) is 15.6. The fraction of sp³-hybridized carbons (Fsp3) is 0.824. The maximum absolute atomic E-state index is 10.4. The number of hydrogen-bond donors (Lipinski definition) is 6. The van der Waals surface area contributed by atoms with Gasteiger partial charge in [0.1, 0.15) is 24.4 Å². The smallest absolute Gasteiger partial charge is 0.112 e. The van der Waals surface area contributed by atoms with Crippen molar-refractivity contribution in [2.24, 2.45) is 0 Å². The van der Waals surface area contributed by atoms with Crippen molar-refractivity contribution in [3.8, 4) is 0 Å². The van der Waals surface area contributed by atoms with E-state index in [4.69, 9.17) is 17.0 Å². The Morgan fingerprint density at radius 3 is 2.44 bits per heavy atom. The number of ether oxygens (including phenoxy) is 1. The minimum absolute atomic E-state index is 0.0241. The average molecular weight is 378 g/mol. The van der Waals surface area contributed by atoms with Crippen LogP contribution in [-0.2, 0) is 4.74 Å². The minimum Gasteiger partial charge on any atom is -0.393 e. The summed E-state index contributed by atoms with van der Waals surface area (Å²) in [4.78, 5) is 0.594. The molecule has 0 radical (unpaired) electrons. The summed E-state index contributed by atoms with van der Waals surface area (Å²) in [7, 11) is 0. The minimum atomic E-state index is -1.32. The van der Waals surface area contributed by atoms with E-state index in [-0.39, 0.29) is 13.0 Å². The molecule has 1 aliphatic carbocycles. The molecule has 7 unspecified atom stereocenters. The summed E-state index contributed by atoms with van der Waals surface area (Å²) in [6, 6.07) is -0.551. The van der Waals surface area contributed by atoms with Gasteiger partial charge < -0.3 is 35.6 Å². The van der Waals surface area contributed by atoms with Gasteiger partial charge in [-0.25, -0.2) is 0 Å². The number of aliphatic hydroxyl groups excluding tert-OH is 5. The maximum Gasteiger partial charge on any atom is 0.112 e. The fourth-order valence-electron chi connectivity index (χ4n) is 2.58. The zero-order valence-electron chi connectivity index (χ0n) is 14.8. The third kappa shape index (κ3) is 7.26. The van der Waals surface area contributed by atoms with Crippen molar-refractivity contribution in [2.75, 3.05) is 6.61 Å². The number of hydrogen-bond acceptors (Lipinski definition) is 7. The lowest BCUT2D eigenvalue weighted by molar-refractivity contribution is -0.113. The van der Waals surface area contributed by atoms with Crippen LogP contribution >= 0.6 is 12.2 Å². The first-order valence-electron chi connectivity index (χ1n) is 8.79. The normalized spacial score (nSPS) is 29.9. The lowest BCUT2D eigenvalue weighted by atomic mass is 9.96. The highest BCUT2D eigenvalue weighted by atomic mass is 32.1. The van der Waals surface area contributed by atoms with Gasteiger partial charge in [0.05, 0.1) is 29.8 Å². The van der Waals surface area contributed by atoms with Crippen LogP contribution in [0.15, 0.2) is 12.2 Å². The van der Waals surface area contributed by atoms with Crippen LogP contribution in [0, 0.1) is 0 Å². The van der Waals surface area contributed by atoms with E-state index in [9.17, 15) is 25.5 Å². The number of rotatable bonds is 10. The van der Waals surface area contributed by atoms with Crippen molar-refractivity contribution < 1.29 is 30.3 Å². The van der Waals surface area contributed by atoms with Crippen molar-refractivity contribution in [3.63, 3.8) is 0 Å². The van der Waals surface area contributed by atoms with Crippen LogP contribution in [0.1, 0.15) is 39.5 Å². The third-order valence-electron chi connectivity index (χ3n) is 4.28. The van der Waals surface area contributed by atoms with Gasteiger partial charge in [0.15, 0.2) is 0 Å². The molecule has 1 aliphatic rings. The Kier molecular flexibility index (Phi) is 10.0. The first kappa shape index (κ1) is 22.4. The molecule has 0 heterocycles. The molecule has 0 bridgehead atoms. The molecule has 0 spiro atoms. The molecule has 7 nitrogen and oxygen atoms in total. The van der Waals surface area contributed by atoms with E-state index in [1.807, 2.05) is 13.8 Å². The molecule has 146 valence electrons. The lowest BCUT2D eigenvalue weighted by Gasteiger charge is -2.33. The standard InChI is InChI=1S/C17H31NO6S/c1-3-5-15(25)18-11(13(21)8-10(19)4-2)9-24-14-7-6-12(20)16(22)17(14)23/h6-7,10-14,16-17,19-23H,3-5,8-9H2,1-2H3,(H,18,25). The summed E-state index contributed by atoms with van der Waals surface area (Å²) in [5.41, 5.74) is 0. The van der Waals surface area contributed by atoms with Crippen LogP contribution in [0.25, 0.3) is 0 Å². The van der Waals surface area contributed by atoms with Crippen molar-refractivity contribution in [1.29, 1.82) is 0 Å². The second kappa shape index (κ2) is 11.2. The number of nitrogens with one attached hydrogen (secondary N) is 1. The van der Waals surface area contributed by atoms with Crippen LogP contribution in [-0.4, -0.2) is 79.8 Å².